The molecule has 0 unspecified atom stereocenters. The minimum atomic E-state index is 0. The normalized spacial score (nSPS) is 6.14. The predicted octanol–water partition coefficient (Wildman–Crippen LogP) is 2.23. The fraction of sp³-hybridized carbons (Fsp3) is 0.333. The monoisotopic (exact) mass is 268 g/mol. The van der Waals surface area contributed by atoms with Gasteiger partial charge in [-0.3, -0.25) is 0 Å². The SMILES string of the molecule is [CH2-]/C=C\C.[CH2-]C.[W+2]. The summed E-state index contributed by atoms with van der Waals surface area (Å²) in [6.07, 6.45) is 3.64. The van der Waals surface area contributed by atoms with Crippen LogP contribution in [0.3, 0.4) is 0 Å². The van der Waals surface area contributed by atoms with E-state index in [0.717, 1.165) is 0 Å². The van der Waals surface area contributed by atoms with Crippen molar-refractivity contribution in [3.8, 4) is 0 Å². The zero-order valence-electron chi connectivity index (χ0n) is 4.98. The van der Waals surface area contributed by atoms with Crippen LogP contribution < -0.4 is 0 Å². The van der Waals surface area contributed by atoms with E-state index in [1.807, 2.05) is 13.0 Å². The predicted molar refractivity (Wildman–Crippen MR) is 31.2 cm³/mol. The molecule has 0 aliphatic carbocycles. The summed E-state index contributed by atoms with van der Waals surface area (Å²) < 4.78 is 0. The summed E-state index contributed by atoms with van der Waals surface area (Å²) in [6, 6.07) is 0. The summed E-state index contributed by atoms with van der Waals surface area (Å²) in [5, 5.41) is 0. The Balaban J connectivity index is -0.0000000480. The Morgan fingerprint density at radius 1 is 1.29 bits per heavy atom. The van der Waals surface area contributed by atoms with E-state index >= 15 is 0 Å². The summed E-state index contributed by atoms with van der Waals surface area (Å²) in [5.41, 5.74) is 0. The molecule has 0 spiro atoms. The second-order valence-electron chi connectivity index (χ2n) is 0.569. The zero-order chi connectivity index (χ0) is 5.41. The fourth-order valence-corrected chi connectivity index (χ4v) is 0. The standard InChI is InChI=1S/C4H7.C2H5.W/c1-3-4-2;1-2;/h3-4H,1H2,2H3;1H2,2H3;/q2*-1;+2/b4-3-;;. The molecule has 0 radical (unpaired) electrons. The second-order valence-corrected chi connectivity index (χ2v) is 0.569. The maximum atomic E-state index is 3.42. The van der Waals surface area contributed by atoms with Crippen molar-refractivity contribution in [2.45, 2.75) is 13.8 Å². The Labute approximate surface area is 61.3 Å². The molecule has 0 saturated carbocycles. The zero-order valence-corrected chi connectivity index (χ0v) is 7.91. The first-order valence-corrected chi connectivity index (χ1v) is 2.03. The molecule has 7 heavy (non-hydrogen) atoms. The molecular weight excluding hydrogens is 256 g/mol. The maximum Gasteiger partial charge on any atom is 2.00 e. The van der Waals surface area contributed by atoms with E-state index in [-0.39, 0.29) is 21.1 Å². The minimum Gasteiger partial charge on any atom is -0.346 e. The molecule has 0 atom stereocenters. The second kappa shape index (κ2) is 33.5. The molecule has 0 N–H and O–H groups in total. The molecule has 0 heterocycles. The van der Waals surface area contributed by atoms with Gasteiger partial charge in [0.2, 0.25) is 0 Å². The average Bonchev–Trinajstić information content (AvgIpc) is 1.72. The Morgan fingerprint density at radius 2 is 1.43 bits per heavy atom. The largest absolute Gasteiger partial charge is 2.00 e. The van der Waals surface area contributed by atoms with Gasteiger partial charge in [-0.05, 0) is 0 Å². The van der Waals surface area contributed by atoms with Crippen LogP contribution in [0, 0.1) is 13.8 Å². The quantitative estimate of drug-likeness (QED) is 0.591. The number of hydrogen-bond acceptors (Lipinski definition) is 0. The van der Waals surface area contributed by atoms with Gasteiger partial charge in [-0.2, -0.15) is 6.92 Å². The van der Waals surface area contributed by atoms with Gasteiger partial charge in [0.15, 0.2) is 0 Å². The van der Waals surface area contributed by atoms with Crippen LogP contribution in [0.2, 0.25) is 0 Å². The van der Waals surface area contributed by atoms with Gasteiger partial charge in [0.05, 0.1) is 0 Å². The molecule has 0 aromatic heterocycles. The smallest absolute Gasteiger partial charge is 0.346 e. The summed E-state index contributed by atoms with van der Waals surface area (Å²) in [6.45, 7) is 10.4. The number of rotatable bonds is 0. The molecule has 0 nitrogen and oxygen atoms in total. The molecule has 0 aliphatic rings. The Bertz CT molecular complexity index is 19.4. The van der Waals surface area contributed by atoms with Gasteiger partial charge in [-0.15, -0.1) is 6.92 Å². The number of hydrogen-bond donors (Lipinski definition) is 0. The minimum absolute atomic E-state index is 0. The van der Waals surface area contributed by atoms with E-state index < -0.39 is 0 Å². The molecule has 0 aromatic carbocycles. The summed E-state index contributed by atoms with van der Waals surface area (Å²) in [7, 11) is 0. The molecule has 1 heteroatoms. The van der Waals surface area contributed by atoms with Crippen LogP contribution in [0.5, 0.6) is 0 Å². The molecule has 42 valence electrons. The number of allylic oxidation sites excluding steroid dienone is 2. The van der Waals surface area contributed by atoms with Crippen LogP contribution in [0.4, 0.5) is 0 Å². The van der Waals surface area contributed by atoms with Gasteiger partial charge in [0.1, 0.15) is 0 Å². The van der Waals surface area contributed by atoms with Crippen molar-refractivity contribution >= 4 is 0 Å². The molecule has 0 bridgehead atoms. The van der Waals surface area contributed by atoms with Gasteiger partial charge in [-0.25, -0.2) is 19.1 Å². The molecule has 0 aliphatic heterocycles. The van der Waals surface area contributed by atoms with Crippen LogP contribution >= 0.6 is 0 Å². The first-order chi connectivity index (χ1) is 2.91. The Morgan fingerprint density at radius 3 is 1.43 bits per heavy atom. The van der Waals surface area contributed by atoms with Gasteiger partial charge in [-0.1, -0.05) is 0 Å². The molecular formula is C6H12W. The summed E-state index contributed by atoms with van der Waals surface area (Å²) in [4.78, 5) is 0. The summed E-state index contributed by atoms with van der Waals surface area (Å²) in [5.74, 6) is 0. The summed E-state index contributed by atoms with van der Waals surface area (Å²) >= 11 is 0. The molecule has 0 aromatic rings. The van der Waals surface area contributed by atoms with E-state index in [2.05, 4.69) is 13.8 Å². The van der Waals surface area contributed by atoms with Gasteiger partial charge in [0, 0.05) is 0 Å². The first kappa shape index (κ1) is 15.7. The van der Waals surface area contributed by atoms with Crippen LogP contribution in [0.25, 0.3) is 0 Å². The third-order valence-corrected chi connectivity index (χ3v) is 0.236. The van der Waals surface area contributed by atoms with Gasteiger partial charge >= 0.3 is 21.1 Å². The van der Waals surface area contributed by atoms with E-state index in [4.69, 9.17) is 0 Å². The maximum absolute atomic E-state index is 3.42. The third kappa shape index (κ3) is 69.0. The van der Waals surface area contributed by atoms with Crippen molar-refractivity contribution in [1.82, 2.24) is 0 Å². The van der Waals surface area contributed by atoms with Crippen LogP contribution in [0.15, 0.2) is 12.2 Å². The van der Waals surface area contributed by atoms with Crippen LogP contribution in [-0.4, -0.2) is 0 Å². The Hall–Kier alpha value is 0.298. The Kier molecular flexibility index (Phi) is 74.9. The van der Waals surface area contributed by atoms with Crippen LogP contribution in [-0.2, 0) is 21.1 Å². The fourth-order valence-electron chi connectivity index (χ4n) is 0. The topological polar surface area (TPSA) is 0 Å². The average molecular weight is 268 g/mol. The third-order valence-electron chi connectivity index (χ3n) is 0.236. The molecule has 0 saturated heterocycles. The molecule has 0 rings (SSSR count). The van der Waals surface area contributed by atoms with Crippen molar-refractivity contribution in [2.24, 2.45) is 0 Å². The molecule has 0 fully saturated rings. The van der Waals surface area contributed by atoms with E-state index in [1.165, 1.54) is 0 Å². The molecule has 0 amide bonds. The van der Waals surface area contributed by atoms with Crippen LogP contribution in [0.1, 0.15) is 13.8 Å². The van der Waals surface area contributed by atoms with Crippen molar-refractivity contribution in [3.63, 3.8) is 0 Å². The van der Waals surface area contributed by atoms with Gasteiger partial charge in [0.25, 0.3) is 0 Å². The van der Waals surface area contributed by atoms with Crippen molar-refractivity contribution in [3.05, 3.63) is 26.0 Å². The first-order valence-electron chi connectivity index (χ1n) is 2.03. The van der Waals surface area contributed by atoms with Crippen molar-refractivity contribution in [1.29, 1.82) is 0 Å². The van der Waals surface area contributed by atoms with E-state index in [1.54, 1.807) is 13.0 Å². The van der Waals surface area contributed by atoms with E-state index in [0.29, 0.717) is 0 Å². The van der Waals surface area contributed by atoms with Crippen molar-refractivity contribution in [2.75, 3.05) is 0 Å². The van der Waals surface area contributed by atoms with Crippen molar-refractivity contribution < 1.29 is 21.1 Å². The van der Waals surface area contributed by atoms with E-state index in [9.17, 15) is 0 Å². The van der Waals surface area contributed by atoms with Gasteiger partial charge < -0.3 is 6.92 Å².